The molecule has 0 radical (unpaired) electrons. The minimum Gasteiger partial charge on any atom is -0.394 e. The molecule has 0 saturated carbocycles. The molecule has 6 unspecified atom stereocenters. The molecular formula is C43H88O13. The van der Waals surface area contributed by atoms with Gasteiger partial charge in [0, 0.05) is 6.61 Å². The van der Waals surface area contributed by atoms with Crippen molar-refractivity contribution in [3.05, 3.63) is 0 Å². The maximum Gasteiger partial charge on any atom is 0.0781 e. The van der Waals surface area contributed by atoms with E-state index in [1.54, 1.807) is 0 Å². The van der Waals surface area contributed by atoms with Crippen molar-refractivity contribution in [2.45, 2.75) is 156 Å². The van der Waals surface area contributed by atoms with Crippen molar-refractivity contribution in [1.29, 1.82) is 0 Å². The Morgan fingerprint density at radius 1 is 0.286 bits per heavy atom. The molecule has 0 saturated heterocycles. The third-order valence-corrected chi connectivity index (χ3v) is 8.68. The molecule has 13 nitrogen and oxygen atoms in total. The lowest BCUT2D eigenvalue weighted by Crippen LogP contribution is -2.30. The van der Waals surface area contributed by atoms with Gasteiger partial charge in [-0.1, -0.05) is 71.1 Å². The molecule has 0 heterocycles. The monoisotopic (exact) mass is 813 g/mol. The Labute approximate surface area is 342 Å². The number of ether oxygens (including phenoxy) is 12. The van der Waals surface area contributed by atoms with Crippen molar-refractivity contribution in [1.82, 2.24) is 0 Å². The molecule has 6 atom stereocenters. The van der Waals surface area contributed by atoms with E-state index in [0.717, 1.165) is 13.0 Å². The summed E-state index contributed by atoms with van der Waals surface area (Å²) in [6, 6.07) is 0. The van der Waals surface area contributed by atoms with Crippen LogP contribution in [0.15, 0.2) is 0 Å². The Bertz CT molecular complexity index is 753. The van der Waals surface area contributed by atoms with Gasteiger partial charge in [-0.15, -0.1) is 0 Å². The Balaban J connectivity index is 3.59. The van der Waals surface area contributed by atoms with Crippen molar-refractivity contribution in [3.63, 3.8) is 0 Å². The molecule has 338 valence electrons. The predicted molar refractivity (Wildman–Crippen MR) is 221 cm³/mol. The number of aliphatic hydroxyl groups excluding tert-OH is 1. The van der Waals surface area contributed by atoms with Crippen molar-refractivity contribution < 1.29 is 61.9 Å². The van der Waals surface area contributed by atoms with Gasteiger partial charge in [-0.25, -0.2) is 0 Å². The normalized spacial score (nSPS) is 15.2. The van der Waals surface area contributed by atoms with E-state index in [1.807, 2.05) is 34.6 Å². The average Bonchev–Trinajstić information content (AvgIpc) is 3.19. The smallest absolute Gasteiger partial charge is 0.0781 e. The van der Waals surface area contributed by atoms with Crippen LogP contribution in [0.3, 0.4) is 0 Å². The summed E-state index contributed by atoms with van der Waals surface area (Å²) in [4.78, 5) is 0. The third-order valence-electron chi connectivity index (χ3n) is 8.68. The zero-order valence-corrected chi connectivity index (χ0v) is 37.0. The van der Waals surface area contributed by atoms with Crippen LogP contribution in [0, 0.1) is 0 Å². The number of hydrogen-bond acceptors (Lipinski definition) is 13. The van der Waals surface area contributed by atoms with Crippen LogP contribution < -0.4 is 0 Å². The Hall–Kier alpha value is -0.520. The molecule has 0 aromatic rings. The molecule has 1 N–H and O–H groups in total. The van der Waals surface area contributed by atoms with Gasteiger partial charge in [0.15, 0.2) is 0 Å². The summed E-state index contributed by atoms with van der Waals surface area (Å²) in [7, 11) is 0. The molecule has 0 aliphatic heterocycles. The third kappa shape index (κ3) is 43.1. The minimum atomic E-state index is -0.0654. The Morgan fingerprint density at radius 3 is 0.929 bits per heavy atom. The van der Waals surface area contributed by atoms with Crippen LogP contribution in [0.4, 0.5) is 0 Å². The summed E-state index contributed by atoms with van der Waals surface area (Å²) in [6.45, 7) is 23.5. The van der Waals surface area contributed by atoms with Crippen LogP contribution in [0.5, 0.6) is 0 Å². The van der Waals surface area contributed by atoms with Gasteiger partial charge < -0.3 is 61.9 Å². The first-order valence-corrected chi connectivity index (χ1v) is 22.0. The first-order chi connectivity index (χ1) is 27.3. The van der Waals surface area contributed by atoms with Crippen molar-refractivity contribution in [3.8, 4) is 0 Å². The fourth-order valence-corrected chi connectivity index (χ4v) is 5.26. The molecule has 0 amide bonds. The van der Waals surface area contributed by atoms with E-state index < -0.39 is 0 Å². The quantitative estimate of drug-likeness (QED) is 0.0646. The van der Waals surface area contributed by atoms with Crippen LogP contribution in [-0.2, 0) is 56.8 Å². The Morgan fingerprint density at radius 2 is 0.571 bits per heavy atom. The maximum atomic E-state index is 8.62. The molecule has 56 heavy (non-hydrogen) atoms. The zero-order valence-electron chi connectivity index (χ0n) is 37.0. The van der Waals surface area contributed by atoms with E-state index in [2.05, 4.69) is 13.8 Å². The van der Waals surface area contributed by atoms with Gasteiger partial charge >= 0.3 is 0 Å². The lowest BCUT2D eigenvalue weighted by Gasteiger charge is -2.22. The number of rotatable bonds is 47. The van der Waals surface area contributed by atoms with E-state index >= 15 is 0 Å². The molecule has 0 aliphatic carbocycles. The SMILES string of the molecule is CCCCCCCCCCCCCOCC(C)OCC(C)OCC(C)OCC(C)OCC(C)OCC(C)OCCOCCOCCOCCOCCOCCO. The van der Waals surface area contributed by atoms with Gasteiger partial charge in [0.1, 0.15) is 0 Å². The van der Waals surface area contributed by atoms with Crippen molar-refractivity contribution in [2.75, 3.05) is 126 Å². The summed E-state index contributed by atoms with van der Waals surface area (Å²) in [6.07, 6.45) is 14.6. The zero-order chi connectivity index (χ0) is 41.2. The topological polar surface area (TPSA) is 131 Å². The largest absolute Gasteiger partial charge is 0.394 e. The first kappa shape index (κ1) is 55.5. The summed E-state index contributed by atoms with van der Waals surface area (Å²) in [5, 5.41) is 8.62. The minimum absolute atomic E-state index is 0.0230. The number of unbranched alkanes of at least 4 members (excludes halogenated alkanes) is 10. The van der Waals surface area contributed by atoms with Gasteiger partial charge in [-0.2, -0.15) is 0 Å². The van der Waals surface area contributed by atoms with Gasteiger partial charge in [-0.3, -0.25) is 0 Å². The molecular weight excluding hydrogens is 724 g/mol. The number of aliphatic hydroxyl groups is 1. The lowest BCUT2D eigenvalue weighted by atomic mass is 10.1. The summed E-state index contributed by atoms with van der Waals surface area (Å²) in [5.41, 5.74) is 0. The van der Waals surface area contributed by atoms with E-state index in [9.17, 15) is 0 Å². The fourth-order valence-electron chi connectivity index (χ4n) is 5.26. The molecule has 0 bridgehead atoms. The van der Waals surface area contributed by atoms with Gasteiger partial charge in [-0.05, 0) is 48.0 Å². The van der Waals surface area contributed by atoms with Crippen LogP contribution in [-0.4, -0.2) is 167 Å². The Kier molecular flexibility index (Phi) is 43.6. The predicted octanol–water partition coefficient (Wildman–Crippen LogP) is 6.82. The van der Waals surface area contributed by atoms with Crippen molar-refractivity contribution >= 4 is 0 Å². The van der Waals surface area contributed by atoms with Gasteiger partial charge in [0.25, 0.3) is 0 Å². The molecule has 0 rings (SSSR count). The van der Waals surface area contributed by atoms with E-state index in [4.69, 9.17) is 61.9 Å². The second kappa shape index (κ2) is 44.0. The average molecular weight is 813 g/mol. The van der Waals surface area contributed by atoms with Crippen LogP contribution >= 0.6 is 0 Å². The molecule has 13 heteroatoms. The van der Waals surface area contributed by atoms with Crippen molar-refractivity contribution in [2.24, 2.45) is 0 Å². The lowest BCUT2D eigenvalue weighted by molar-refractivity contribution is -0.105. The molecule has 0 spiro atoms. The summed E-state index contributed by atoms with van der Waals surface area (Å²) in [5.74, 6) is 0. The fraction of sp³-hybridized carbons (Fsp3) is 1.00. The van der Waals surface area contributed by atoms with E-state index in [1.165, 1.54) is 64.2 Å². The second-order valence-electron chi connectivity index (χ2n) is 14.8. The van der Waals surface area contributed by atoms with E-state index in [0.29, 0.717) is 112 Å². The maximum absolute atomic E-state index is 8.62. The van der Waals surface area contributed by atoms with Crippen LogP contribution in [0.1, 0.15) is 119 Å². The summed E-state index contributed by atoms with van der Waals surface area (Å²) < 4.78 is 68.3. The van der Waals surface area contributed by atoms with Crippen LogP contribution in [0.25, 0.3) is 0 Å². The highest BCUT2D eigenvalue weighted by Gasteiger charge is 2.14. The van der Waals surface area contributed by atoms with E-state index in [-0.39, 0.29) is 43.2 Å². The molecule has 0 aromatic carbocycles. The second-order valence-corrected chi connectivity index (χ2v) is 14.8. The molecule has 0 aromatic heterocycles. The standard InChI is InChI=1S/C43H88O13/c1-8-9-10-11-12-13-14-15-16-17-18-20-50-32-38(2)52-34-40(4)54-36-42(6)56-37-43(7)55-35-41(5)53-33-39(3)51-31-30-49-29-28-48-27-26-47-25-24-46-23-22-45-21-19-44/h38-44H,8-37H2,1-7H3. The molecule has 0 aliphatic rings. The highest BCUT2D eigenvalue weighted by atomic mass is 16.6. The van der Waals surface area contributed by atoms with Crippen LogP contribution in [0.2, 0.25) is 0 Å². The highest BCUT2D eigenvalue weighted by Crippen LogP contribution is 2.11. The highest BCUT2D eigenvalue weighted by molar-refractivity contribution is 4.59. The first-order valence-electron chi connectivity index (χ1n) is 22.0. The van der Waals surface area contributed by atoms with Gasteiger partial charge in [0.05, 0.1) is 156 Å². The summed E-state index contributed by atoms with van der Waals surface area (Å²) >= 11 is 0. The molecule has 0 fully saturated rings. The van der Waals surface area contributed by atoms with Gasteiger partial charge in [0.2, 0.25) is 0 Å². The number of hydrogen-bond donors (Lipinski definition) is 1.